The van der Waals surface area contributed by atoms with E-state index in [0.717, 1.165) is 6.42 Å². The van der Waals surface area contributed by atoms with Crippen LogP contribution in [0.5, 0.6) is 0 Å². The fraction of sp³-hybridized carbons (Fsp3) is 0.875. The molecule has 1 atom stereocenters. The van der Waals surface area contributed by atoms with Gasteiger partial charge in [-0.25, -0.2) is 0 Å². The maximum Gasteiger partial charge on any atom is 0.0512 e. The molecular weight excluding hydrogens is 132 g/mol. The Morgan fingerprint density at radius 2 is 2.22 bits per heavy atom. The lowest BCUT2D eigenvalue weighted by molar-refractivity contribution is 0.682. The molecule has 1 rings (SSSR count). The molecule has 0 amide bonds. The molecule has 53 valence electrons. The average Bonchev–Trinajstić information content (AvgIpc) is 2.38. The molecule has 0 aliphatic heterocycles. The van der Waals surface area contributed by atoms with Crippen molar-refractivity contribution in [3.63, 3.8) is 0 Å². The van der Waals surface area contributed by atoms with E-state index >= 15 is 0 Å². The number of rotatable bonds is 3. The van der Waals surface area contributed by atoms with E-state index in [-0.39, 0.29) is 4.87 Å². The monoisotopic (exact) mass is 145 g/mol. The van der Waals surface area contributed by atoms with Crippen LogP contribution in [-0.4, -0.2) is 4.87 Å². The number of hydrogen-bond donors (Lipinski definition) is 0. The van der Waals surface area contributed by atoms with Crippen molar-refractivity contribution in [3.8, 4) is 0 Å². The van der Waals surface area contributed by atoms with Gasteiger partial charge in [0.25, 0.3) is 0 Å². The van der Waals surface area contributed by atoms with Gasteiger partial charge in [-0.1, -0.05) is 26.7 Å². The second-order valence-corrected chi connectivity index (χ2v) is 3.75. The van der Waals surface area contributed by atoms with Gasteiger partial charge in [0.1, 0.15) is 0 Å². The lowest BCUT2D eigenvalue weighted by Gasteiger charge is -2.03. The van der Waals surface area contributed by atoms with E-state index in [2.05, 4.69) is 13.8 Å². The van der Waals surface area contributed by atoms with Crippen LogP contribution in [0.2, 0.25) is 0 Å². The first-order valence-electron chi connectivity index (χ1n) is 3.71. The number of halogens is 1. The Balaban J connectivity index is 2.13. The molecule has 0 nitrogen and oxygen atoms in total. The third-order valence-corrected chi connectivity index (χ3v) is 2.76. The van der Waals surface area contributed by atoms with Crippen LogP contribution >= 0.6 is 11.6 Å². The minimum atomic E-state index is 0.149. The fourth-order valence-corrected chi connectivity index (χ4v) is 1.47. The van der Waals surface area contributed by atoms with Gasteiger partial charge in [0.15, 0.2) is 0 Å². The van der Waals surface area contributed by atoms with Gasteiger partial charge in [0.2, 0.25) is 0 Å². The highest BCUT2D eigenvalue weighted by atomic mass is 35.5. The van der Waals surface area contributed by atoms with E-state index in [4.69, 9.17) is 11.6 Å². The second kappa shape index (κ2) is 2.49. The molecule has 0 saturated heterocycles. The molecule has 1 saturated carbocycles. The van der Waals surface area contributed by atoms with Gasteiger partial charge in [-0.15, -0.1) is 11.6 Å². The van der Waals surface area contributed by atoms with Crippen LogP contribution in [0.25, 0.3) is 0 Å². The second-order valence-electron chi connectivity index (χ2n) is 3.03. The molecule has 0 aromatic carbocycles. The van der Waals surface area contributed by atoms with Gasteiger partial charge in [-0.2, -0.15) is 0 Å². The lowest BCUT2D eigenvalue weighted by Crippen LogP contribution is -1.98. The topological polar surface area (TPSA) is 0 Å². The van der Waals surface area contributed by atoms with Crippen molar-refractivity contribution in [1.29, 1.82) is 0 Å². The highest BCUT2D eigenvalue weighted by Gasteiger charge is 2.48. The average molecular weight is 146 g/mol. The van der Waals surface area contributed by atoms with Gasteiger partial charge >= 0.3 is 0 Å². The van der Waals surface area contributed by atoms with Gasteiger partial charge < -0.3 is 0 Å². The molecule has 0 aromatic rings. The van der Waals surface area contributed by atoms with E-state index in [9.17, 15) is 0 Å². The highest BCUT2D eigenvalue weighted by Crippen LogP contribution is 2.54. The number of unbranched alkanes of at least 4 members (excludes halogenated alkanes) is 1. The maximum atomic E-state index is 6.14. The van der Waals surface area contributed by atoms with Crippen molar-refractivity contribution in [3.05, 3.63) is 5.92 Å². The van der Waals surface area contributed by atoms with Gasteiger partial charge in [-0.05, 0) is 18.8 Å². The summed E-state index contributed by atoms with van der Waals surface area (Å²) in [4.78, 5) is 0.149. The van der Waals surface area contributed by atoms with Crippen LogP contribution in [0.3, 0.4) is 0 Å². The quantitative estimate of drug-likeness (QED) is 0.536. The predicted molar refractivity (Wildman–Crippen MR) is 41.6 cm³/mol. The molecule has 1 aliphatic rings. The Bertz CT molecular complexity index is 101. The highest BCUT2D eigenvalue weighted by molar-refractivity contribution is 6.28. The third-order valence-electron chi connectivity index (χ3n) is 2.11. The van der Waals surface area contributed by atoms with E-state index in [1.165, 1.54) is 25.2 Å². The summed E-state index contributed by atoms with van der Waals surface area (Å²) in [5.41, 5.74) is 0. The smallest absolute Gasteiger partial charge is 0.0512 e. The molecule has 0 heterocycles. The van der Waals surface area contributed by atoms with Gasteiger partial charge in [0.05, 0.1) is 4.87 Å². The van der Waals surface area contributed by atoms with Crippen LogP contribution in [0, 0.1) is 5.92 Å². The molecule has 1 fully saturated rings. The number of hydrogen-bond acceptors (Lipinski definition) is 0. The summed E-state index contributed by atoms with van der Waals surface area (Å²) in [5.74, 6) is 1.48. The third kappa shape index (κ3) is 1.61. The first kappa shape index (κ1) is 7.40. The van der Waals surface area contributed by atoms with E-state index in [1.54, 1.807) is 0 Å². The SMILES string of the molecule is CCCCC1(Cl)C[C]1C. The molecule has 0 N–H and O–H groups in total. The zero-order valence-electron chi connectivity index (χ0n) is 6.21. The Kier molecular flexibility index (Phi) is 2.05. The molecular formula is C8H14Cl. The largest absolute Gasteiger partial charge is 0.119 e. The molecule has 9 heavy (non-hydrogen) atoms. The van der Waals surface area contributed by atoms with Gasteiger partial charge in [0, 0.05) is 0 Å². The summed E-state index contributed by atoms with van der Waals surface area (Å²) in [7, 11) is 0. The summed E-state index contributed by atoms with van der Waals surface area (Å²) < 4.78 is 0. The lowest BCUT2D eigenvalue weighted by atomic mass is 10.1. The van der Waals surface area contributed by atoms with Crippen molar-refractivity contribution in [1.82, 2.24) is 0 Å². The van der Waals surface area contributed by atoms with Crippen molar-refractivity contribution in [2.45, 2.75) is 44.4 Å². The molecule has 1 radical (unpaired) electrons. The Hall–Kier alpha value is 0.290. The minimum absolute atomic E-state index is 0.149. The van der Waals surface area contributed by atoms with Crippen LogP contribution in [0.1, 0.15) is 39.5 Å². The number of alkyl halides is 1. The molecule has 0 spiro atoms. The van der Waals surface area contributed by atoms with Crippen molar-refractivity contribution < 1.29 is 0 Å². The summed E-state index contributed by atoms with van der Waals surface area (Å²) >= 11 is 6.14. The van der Waals surface area contributed by atoms with Crippen LogP contribution < -0.4 is 0 Å². The van der Waals surface area contributed by atoms with E-state index in [0.29, 0.717) is 0 Å². The summed E-state index contributed by atoms with van der Waals surface area (Å²) in [6, 6.07) is 0. The summed E-state index contributed by atoms with van der Waals surface area (Å²) in [5, 5.41) is 0. The molecule has 1 unspecified atom stereocenters. The van der Waals surface area contributed by atoms with Crippen LogP contribution in [0.4, 0.5) is 0 Å². The Morgan fingerprint density at radius 1 is 1.67 bits per heavy atom. The normalized spacial score (nSPS) is 35.0. The standard InChI is InChI=1S/C8H14Cl/c1-3-4-5-8(9)6-7(8)2/h3-6H2,1-2H3. The van der Waals surface area contributed by atoms with Crippen molar-refractivity contribution in [2.75, 3.05) is 0 Å². The van der Waals surface area contributed by atoms with E-state index < -0.39 is 0 Å². The first-order valence-corrected chi connectivity index (χ1v) is 4.08. The first-order chi connectivity index (χ1) is 4.19. The summed E-state index contributed by atoms with van der Waals surface area (Å²) in [6.45, 7) is 4.36. The predicted octanol–water partition coefficient (Wildman–Crippen LogP) is 3.15. The minimum Gasteiger partial charge on any atom is -0.119 e. The molecule has 1 heteroatoms. The molecule has 1 aliphatic carbocycles. The maximum absolute atomic E-state index is 6.14. The Labute approximate surface area is 62.6 Å². The van der Waals surface area contributed by atoms with Gasteiger partial charge in [-0.3, -0.25) is 0 Å². The van der Waals surface area contributed by atoms with Crippen molar-refractivity contribution >= 4 is 11.6 Å². The molecule has 0 aromatic heterocycles. The van der Waals surface area contributed by atoms with Crippen molar-refractivity contribution in [2.24, 2.45) is 0 Å². The van der Waals surface area contributed by atoms with Crippen LogP contribution in [0.15, 0.2) is 0 Å². The van der Waals surface area contributed by atoms with E-state index in [1.807, 2.05) is 0 Å². The fourth-order valence-electron chi connectivity index (χ4n) is 1.13. The Morgan fingerprint density at radius 3 is 2.56 bits per heavy atom. The zero-order valence-corrected chi connectivity index (χ0v) is 6.96. The summed E-state index contributed by atoms with van der Waals surface area (Å²) in [6.07, 6.45) is 4.90. The van der Waals surface area contributed by atoms with Crippen LogP contribution in [-0.2, 0) is 0 Å². The zero-order chi connectivity index (χ0) is 6.91. The molecule has 0 bridgehead atoms.